The number of carbonyl (C=O) groups is 2. The molecule has 2 amide bonds. The van der Waals surface area contributed by atoms with Crippen molar-refractivity contribution in [1.29, 1.82) is 0 Å². The summed E-state index contributed by atoms with van der Waals surface area (Å²) >= 11 is 0. The van der Waals surface area contributed by atoms with Crippen LogP contribution in [0.3, 0.4) is 0 Å². The Morgan fingerprint density at radius 2 is 1.55 bits per heavy atom. The minimum atomic E-state index is -0.280. The summed E-state index contributed by atoms with van der Waals surface area (Å²) in [5.41, 5.74) is 0. The highest BCUT2D eigenvalue weighted by Crippen LogP contribution is 2.35. The standard InChI is InChI=1S/C15H25N3O2/c19-14(17-10-7-16-8-11-17)15(20)18-9-3-5-12-4-1-2-6-13(12)18/h12-13,16H,1-11H2/t12-,13-/m1/s1. The number of piperidine rings is 1. The maximum atomic E-state index is 12.6. The SMILES string of the molecule is O=C(C(=O)N1CCC[C@H]2CCCC[C@H]21)N1CCNCC1. The van der Waals surface area contributed by atoms with E-state index in [9.17, 15) is 9.59 Å². The van der Waals surface area contributed by atoms with E-state index in [4.69, 9.17) is 0 Å². The molecule has 0 spiro atoms. The third-order valence-corrected chi connectivity index (χ3v) is 5.09. The molecule has 3 aliphatic rings. The number of fused-ring (bicyclic) bond motifs is 1. The summed E-state index contributed by atoms with van der Waals surface area (Å²) in [6.07, 6.45) is 7.10. The number of rotatable bonds is 0. The summed E-state index contributed by atoms with van der Waals surface area (Å²) < 4.78 is 0. The van der Waals surface area contributed by atoms with E-state index < -0.39 is 0 Å². The van der Waals surface area contributed by atoms with Crippen molar-refractivity contribution in [3.05, 3.63) is 0 Å². The molecule has 1 aliphatic carbocycles. The lowest BCUT2D eigenvalue weighted by Gasteiger charge is -2.44. The van der Waals surface area contributed by atoms with Gasteiger partial charge in [-0.1, -0.05) is 12.8 Å². The summed E-state index contributed by atoms with van der Waals surface area (Å²) in [7, 11) is 0. The number of likely N-dealkylation sites (tertiary alicyclic amines) is 1. The van der Waals surface area contributed by atoms with Crippen molar-refractivity contribution in [2.45, 2.75) is 44.6 Å². The lowest BCUT2D eigenvalue weighted by molar-refractivity contribution is -0.156. The van der Waals surface area contributed by atoms with Crippen LogP contribution in [0.5, 0.6) is 0 Å². The van der Waals surface area contributed by atoms with Gasteiger partial charge in [-0.2, -0.15) is 0 Å². The number of piperazine rings is 1. The maximum absolute atomic E-state index is 12.6. The molecule has 0 bridgehead atoms. The Labute approximate surface area is 120 Å². The van der Waals surface area contributed by atoms with Crippen LogP contribution in [-0.2, 0) is 9.59 Å². The lowest BCUT2D eigenvalue weighted by Crippen LogP contribution is -2.57. The van der Waals surface area contributed by atoms with Gasteiger partial charge in [0, 0.05) is 38.8 Å². The second-order valence-corrected chi connectivity index (χ2v) is 6.29. The second kappa shape index (κ2) is 6.12. The van der Waals surface area contributed by atoms with E-state index >= 15 is 0 Å². The molecular formula is C15H25N3O2. The van der Waals surface area contributed by atoms with Crippen molar-refractivity contribution in [2.75, 3.05) is 32.7 Å². The zero-order chi connectivity index (χ0) is 13.9. The van der Waals surface area contributed by atoms with E-state index in [1.807, 2.05) is 4.90 Å². The Morgan fingerprint density at radius 1 is 0.850 bits per heavy atom. The maximum Gasteiger partial charge on any atom is 0.312 e. The summed E-state index contributed by atoms with van der Waals surface area (Å²) in [5, 5.41) is 3.21. The quantitative estimate of drug-likeness (QED) is 0.661. The van der Waals surface area contributed by atoms with E-state index in [0.717, 1.165) is 32.5 Å². The Balaban J connectivity index is 1.66. The highest BCUT2D eigenvalue weighted by atomic mass is 16.2. The van der Waals surface area contributed by atoms with Gasteiger partial charge in [-0.3, -0.25) is 9.59 Å². The van der Waals surface area contributed by atoms with Crippen molar-refractivity contribution in [2.24, 2.45) is 5.92 Å². The molecule has 5 nitrogen and oxygen atoms in total. The van der Waals surface area contributed by atoms with Crippen LogP contribution in [0.1, 0.15) is 38.5 Å². The van der Waals surface area contributed by atoms with Crippen LogP contribution >= 0.6 is 0 Å². The first kappa shape index (κ1) is 13.9. The fourth-order valence-electron chi connectivity index (χ4n) is 4.00. The van der Waals surface area contributed by atoms with Gasteiger partial charge in [-0.05, 0) is 31.6 Å². The van der Waals surface area contributed by atoms with Gasteiger partial charge < -0.3 is 15.1 Å². The van der Waals surface area contributed by atoms with Crippen LogP contribution in [0, 0.1) is 5.92 Å². The predicted molar refractivity (Wildman–Crippen MR) is 76.1 cm³/mol. The van der Waals surface area contributed by atoms with Gasteiger partial charge in [-0.25, -0.2) is 0 Å². The normalized spacial score (nSPS) is 30.8. The number of carbonyl (C=O) groups excluding carboxylic acids is 2. The zero-order valence-electron chi connectivity index (χ0n) is 12.1. The Kier molecular flexibility index (Phi) is 4.24. The number of hydrogen-bond donors (Lipinski definition) is 1. The zero-order valence-corrected chi connectivity index (χ0v) is 12.1. The molecule has 2 aliphatic heterocycles. The molecule has 0 radical (unpaired) electrons. The third kappa shape index (κ3) is 2.68. The molecule has 3 rings (SSSR count). The van der Waals surface area contributed by atoms with Gasteiger partial charge in [0.1, 0.15) is 0 Å². The van der Waals surface area contributed by atoms with Crippen molar-refractivity contribution < 1.29 is 9.59 Å². The molecule has 1 N–H and O–H groups in total. The number of amides is 2. The fourth-order valence-corrected chi connectivity index (χ4v) is 4.00. The van der Waals surface area contributed by atoms with Crippen molar-refractivity contribution >= 4 is 11.8 Å². The van der Waals surface area contributed by atoms with E-state index in [1.165, 1.54) is 25.7 Å². The van der Waals surface area contributed by atoms with Gasteiger partial charge in [0.25, 0.3) is 0 Å². The minimum absolute atomic E-state index is 0.247. The molecule has 0 aromatic carbocycles. The molecule has 112 valence electrons. The summed E-state index contributed by atoms with van der Waals surface area (Å²) in [6, 6.07) is 0.330. The van der Waals surface area contributed by atoms with Crippen LogP contribution < -0.4 is 5.32 Å². The van der Waals surface area contributed by atoms with Crippen LogP contribution in [0.2, 0.25) is 0 Å². The first-order valence-electron chi connectivity index (χ1n) is 8.08. The largest absolute Gasteiger partial charge is 0.332 e. The topological polar surface area (TPSA) is 52.7 Å². The molecule has 2 heterocycles. The summed E-state index contributed by atoms with van der Waals surface area (Å²) in [6.45, 7) is 3.69. The smallest absolute Gasteiger partial charge is 0.312 e. The van der Waals surface area contributed by atoms with Crippen molar-refractivity contribution in [3.8, 4) is 0 Å². The van der Waals surface area contributed by atoms with E-state index in [1.54, 1.807) is 4.90 Å². The molecule has 2 atom stereocenters. The first-order chi connectivity index (χ1) is 9.77. The van der Waals surface area contributed by atoms with E-state index in [0.29, 0.717) is 25.0 Å². The third-order valence-electron chi connectivity index (χ3n) is 5.09. The number of nitrogens with one attached hydrogen (secondary N) is 1. The highest BCUT2D eigenvalue weighted by Gasteiger charge is 2.39. The van der Waals surface area contributed by atoms with Gasteiger partial charge >= 0.3 is 11.8 Å². The van der Waals surface area contributed by atoms with Crippen molar-refractivity contribution in [3.63, 3.8) is 0 Å². The fraction of sp³-hybridized carbons (Fsp3) is 0.867. The Morgan fingerprint density at radius 3 is 2.35 bits per heavy atom. The lowest BCUT2D eigenvalue weighted by atomic mass is 9.78. The molecule has 3 fully saturated rings. The molecular weight excluding hydrogens is 254 g/mol. The van der Waals surface area contributed by atoms with Crippen LogP contribution in [0.4, 0.5) is 0 Å². The van der Waals surface area contributed by atoms with Gasteiger partial charge in [-0.15, -0.1) is 0 Å². The minimum Gasteiger partial charge on any atom is -0.332 e. The van der Waals surface area contributed by atoms with Crippen LogP contribution in [-0.4, -0.2) is 60.4 Å². The number of hydrogen-bond acceptors (Lipinski definition) is 3. The molecule has 0 aromatic heterocycles. The molecule has 5 heteroatoms. The number of nitrogens with zero attached hydrogens (tertiary/aromatic N) is 2. The highest BCUT2D eigenvalue weighted by molar-refractivity contribution is 6.35. The van der Waals surface area contributed by atoms with E-state index in [2.05, 4.69) is 5.32 Å². The average Bonchev–Trinajstić information content (AvgIpc) is 2.54. The average molecular weight is 279 g/mol. The van der Waals surface area contributed by atoms with Gasteiger partial charge in [0.2, 0.25) is 0 Å². The van der Waals surface area contributed by atoms with Crippen LogP contribution in [0.25, 0.3) is 0 Å². The predicted octanol–water partition coefficient (Wildman–Crippen LogP) is 0.599. The monoisotopic (exact) mass is 279 g/mol. The van der Waals surface area contributed by atoms with E-state index in [-0.39, 0.29) is 11.8 Å². The Hall–Kier alpha value is -1.10. The Bertz CT molecular complexity index is 377. The molecule has 2 saturated heterocycles. The van der Waals surface area contributed by atoms with Crippen molar-refractivity contribution in [1.82, 2.24) is 15.1 Å². The van der Waals surface area contributed by atoms with Gasteiger partial charge in [0.05, 0.1) is 0 Å². The van der Waals surface area contributed by atoms with Gasteiger partial charge in [0.15, 0.2) is 0 Å². The second-order valence-electron chi connectivity index (χ2n) is 6.29. The molecule has 0 unspecified atom stereocenters. The first-order valence-corrected chi connectivity index (χ1v) is 8.08. The van der Waals surface area contributed by atoms with Crippen LogP contribution in [0.15, 0.2) is 0 Å². The summed E-state index contributed by atoms with van der Waals surface area (Å²) in [4.78, 5) is 28.6. The molecule has 20 heavy (non-hydrogen) atoms. The molecule has 0 aromatic rings. The summed E-state index contributed by atoms with van der Waals surface area (Å²) in [5.74, 6) is 0.110. The molecule has 1 saturated carbocycles.